The average molecular weight is 352 g/mol. The highest BCUT2D eigenvalue weighted by molar-refractivity contribution is 5.69. The second-order valence-electron chi connectivity index (χ2n) is 5.93. The lowest BCUT2D eigenvalue weighted by atomic mass is 9.94. The smallest absolute Gasteiger partial charge is 0.201 e. The van der Waals surface area contributed by atoms with Gasteiger partial charge in [-0.25, -0.2) is 0 Å². The fourth-order valence-electron chi connectivity index (χ4n) is 3.13. The lowest BCUT2D eigenvalue weighted by Gasteiger charge is -2.40. The summed E-state index contributed by atoms with van der Waals surface area (Å²) in [6.07, 6.45) is -2.10. The molecule has 2 aliphatic heterocycles. The molecule has 1 fully saturated rings. The van der Waals surface area contributed by atoms with Gasteiger partial charge in [-0.1, -0.05) is 6.07 Å². The van der Waals surface area contributed by atoms with Crippen LogP contribution in [0.5, 0.6) is 0 Å². The van der Waals surface area contributed by atoms with Crippen LogP contribution in [-0.4, -0.2) is 66.2 Å². The van der Waals surface area contributed by atoms with Crippen LogP contribution in [-0.2, 0) is 9.47 Å². The molecule has 0 amide bonds. The van der Waals surface area contributed by atoms with E-state index in [1.807, 2.05) is 17.0 Å². The molecule has 2 aliphatic rings. The predicted octanol–water partition coefficient (Wildman–Crippen LogP) is -0.0966. The van der Waals surface area contributed by atoms with Gasteiger partial charge in [-0.3, -0.25) is 0 Å². The Bertz CT molecular complexity index is 634. The monoisotopic (exact) mass is 352 g/mol. The fraction of sp³-hybridized carbons (Fsp3) is 0.529. The zero-order chi connectivity index (χ0) is 17.8. The molecule has 8 nitrogen and oxygen atoms in total. The van der Waals surface area contributed by atoms with Gasteiger partial charge in [0, 0.05) is 24.3 Å². The van der Waals surface area contributed by atoms with E-state index in [0.717, 1.165) is 17.8 Å². The molecule has 138 valence electrons. The molecular weight excluding hydrogens is 328 g/mol. The van der Waals surface area contributed by atoms with Crippen LogP contribution in [0.2, 0.25) is 0 Å². The van der Waals surface area contributed by atoms with Crippen molar-refractivity contribution in [2.45, 2.75) is 18.8 Å². The summed E-state index contributed by atoms with van der Waals surface area (Å²) in [5.74, 6) is 0.324. The number of fused-ring (bicyclic) bond motifs is 3. The molecule has 0 radical (unpaired) electrons. The van der Waals surface area contributed by atoms with E-state index < -0.39 is 12.4 Å². The Hall–Kier alpha value is -1.84. The van der Waals surface area contributed by atoms with Gasteiger partial charge in [0.05, 0.1) is 37.7 Å². The van der Waals surface area contributed by atoms with E-state index in [1.165, 1.54) is 0 Å². The van der Waals surface area contributed by atoms with Crippen molar-refractivity contribution in [3.63, 3.8) is 0 Å². The maximum Gasteiger partial charge on any atom is 0.201 e. The van der Waals surface area contributed by atoms with Gasteiger partial charge < -0.3 is 40.1 Å². The van der Waals surface area contributed by atoms with Crippen molar-refractivity contribution >= 4 is 11.4 Å². The fourth-order valence-corrected chi connectivity index (χ4v) is 3.13. The normalized spacial score (nSPS) is 19.6. The first kappa shape index (κ1) is 18.0. The Kier molecular flexibility index (Phi) is 5.77. The SMILES string of the molecule is OCCOCCNc1ccc2c(c1)N1CCCOC1=C(C(O)O)C2O. The van der Waals surface area contributed by atoms with E-state index in [2.05, 4.69) is 5.32 Å². The summed E-state index contributed by atoms with van der Waals surface area (Å²) < 4.78 is 10.8. The van der Waals surface area contributed by atoms with Gasteiger partial charge in [-0.15, -0.1) is 0 Å². The van der Waals surface area contributed by atoms with E-state index in [4.69, 9.17) is 14.6 Å². The molecule has 25 heavy (non-hydrogen) atoms. The Morgan fingerprint density at radius 2 is 2.16 bits per heavy atom. The van der Waals surface area contributed by atoms with Crippen molar-refractivity contribution in [1.29, 1.82) is 0 Å². The van der Waals surface area contributed by atoms with Gasteiger partial charge in [0.2, 0.25) is 5.88 Å². The largest absolute Gasteiger partial charge is 0.479 e. The average Bonchev–Trinajstić information content (AvgIpc) is 2.61. The summed E-state index contributed by atoms with van der Waals surface area (Å²) in [6.45, 7) is 2.52. The van der Waals surface area contributed by atoms with E-state index in [9.17, 15) is 15.3 Å². The van der Waals surface area contributed by atoms with Crippen molar-refractivity contribution in [3.05, 3.63) is 35.2 Å². The minimum atomic E-state index is -1.78. The van der Waals surface area contributed by atoms with Crippen molar-refractivity contribution in [3.8, 4) is 0 Å². The van der Waals surface area contributed by atoms with Crippen LogP contribution in [0.1, 0.15) is 18.1 Å². The molecule has 8 heteroatoms. The Balaban J connectivity index is 1.81. The maximum absolute atomic E-state index is 10.5. The van der Waals surface area contributed by atoms with Gasteiger partial charge in [0.15, 0.2) is 6.29 Å². The van der Waals surface area contributed by atoms with Gasteiger partial charge in [0.1, 0.15) is 6.10 Å². The van der Waals surface area contributed by atoms with Gasteiger partial charge in [-0.2, -0.15) is 0 Å². The molecular formula is C17H24N2O6. The molecule has 1 saturated heterocycles. The van der Waals surface area contributed by atoms with Crippen LogP contribution in [0.4, 0.5) is 11.4 Å². The van der Waals surface area contributed by atoms with Gasteiger partial charge in [-0.05, 0) is 18.6 Å². The molecule has 1 aromatic rings. The maximum atomic E-state index is 10.5. The van der Waals surface area contributed by atoms with Crippen LogP contribution in [0, 0.1) is 0 Å². The van der Waals surface area contributed by atoms with Crippen molar-refractivity contribution < 1.29 is 29.9 Å². The number of ether oxygens (including phenoxy) is 2. The lowest BCUT2D eigenvalue weighted by Crippen LogP contribution is -2.39. The first-order valence-corrected chi connectivity index (χ1v) is 8.38. The third-order valence-corrected chi connectivity index (χ3v) is 4.26. The first-order chi connectivity index (χ1) is 12.1. The van der Waals surface area contributed by atoms with Crippen LogP contribution in [0.3, 0.4) is 0 Å². The topological polar surface area (TPSA) is 115 Å². The highest BCUT2D eigenvalue weighted by atomic mass is 16.5. The number of anilines is 2. The molecule has 2 heterocycles. The molecule has 1 unspecified atom stereocenters. The van der Waals surface area contributed by atoms with Crippen LogP contribution in [0.15, 0.2) is 29.7 Å². The highest BCUT2D eigenvalue weighted by Gasteiger charge is 2.37. The molecule has 0 aliphatic carbocycles. The standard InChI is InChI=1S/C17H24N2O6/c20-6-9-24-8-4-18-11-2-3-12-13(10-11)19-5-1-7-25-16(19)14(15(12)21)17(22)23/h2-3,10,15,17-18,20-23H,1,4-9H2. The molecule has 5 N–H and O–H groups in total. The summed E-state index contributed by atoms with van der Waals surface area (Å²) >= 11 is 0. The summed E-state index contributed by atoms with van der Waals surface area (Å²) in [5.41, 5.74) is 2.33. The summed E-state index contributed by atoms with van der Waals surface area (Å²) in [7, 11) is 0. The van der Waals surface area contributed by atoms with E-state index in [-0.39, 0.29) is 12.2 Å². The summed E-state index contributed by atoms with van der Waals surface area (Å²) in [5, 5.41) is 41.7. The Morgan fingerprint density at radius 3 is 2.92 bits per heavy atom. The minimum Gasteiger partial charge on any atom is -0.479 e. The third-order valence-electron chi connectivity index (χ3n) is 4.26. The zero-order valence-electron chi connectivity index (χ0n) is 13.9. The summed E-state index contributed by atoms with van der Waals surface area (Å²) in [6, 6.07) is 5.50. The number of aliphatic hydroxyl groups excluding tert-OH is 3. The molecule has 3 rings (SSSR count). The zero-order valence-corrected chi connectivity index (χ0v) is 13.9. The number of hydrogen-bond acceptors (Lipinski definition) is 8. The van der Waals surface area contributed by atoms with E-state index >= 15 is 0 Å². The van der Waals surface area contributed by atoms with Gasteiger partial charge >= 0.3 is 0 Å². The number of aliphatic hydroxyl groups is 4. The second-order valence-corrected chi connectivity index (χ2v) is 5.93. The Morgan fingerprint density at radius 1 is 1.32 bits per heavy atom. The van der Waals surface area contributed by atoms with E-state index in [0.29, 0.717) is 44.4 Å². The van der Waals surface area contributed by atoms with Crippen LogP contribution < -0.4 is 10.2 Å². The molecule has 0 aromatic heterocycles. The molecule has 0 bridgehead atoms. The molecule has 0 saturated carbocycles. The lowest BCUT2D eigenvalue weighted by molar-refractivity contribution is -0.0326. The molecule has 1 aromatic carbocycles. The first-order valence-electron chi connectivity index (χ1n) is 8.38. The van der Waals surface area contributed by atoms with E-state index in [1.54, 1.807) is 6.07 Å². The number of hydrogen-bond donors (Lipinski definition) is 5. The van der Waals surface area contributed by atoms with Crippen molar-refractivity contribution in [2.75, 3.05) is 49.7 Å². The number of nitrogens with zero attached hydrogens (tertiary/aromatic N) is 1. The highest BCUT2D eigenvalue weighted by Crippen LogP contribution is 2.43. The van der Waals surface area contributed by atoms with Crippen LogP contribution in [0.25, 0.3) is 0 Å². The summed E-state index contributed by atoms with van der Waals surface area (Å²) in [4.78, 5) is 1.87. The van der Waals surface area contributed by atoms with Crippen molar-refractivity contribution in [2.24, 2.45) is 0 Å². The number of benzene rings is 1. The van der Waals surface area contributed by atoms with Crippen LogP contribution >= 0.6 is 0 Å². The quantitative estimate of drug-likeness (QED) is 0.342. The predicted molar refractivity (Wildman–Crippen MR) is 91.0 cm³/mol. The third kappa shape index (κ3) is 3.73. The van der Waals surface area contributed by atoms with Crippen molar-refractivity contribution in [1.82, 2.24) is 0 Å². The molecule has 0 spiro atoms. The minimum absolute atomic E-state index is 0.000152. The second kappa shape index (κ2) is 8.03. The van der Waals surface area contributed by atoms with Gasteiger partial charge in [0.25, 0.3) is 0 Å². The Labute approximate surface area is 145 Å². The number of rotatable bonds is 7. The number of nitrogens with one attached hydrogen (secondary N) is 1. The molecule has 1 atom stereocenters.